The number of carbonyl (C=O) groups excluding carboxylic acids is 1. The molecular formula is C19H23N3O3. The summed E-state index contributed by atoms with van der Waals surface area (Å²) in [5.74, 6) is 1.95. The van der Waals surface area contributed by atoms with E-state index in [1.807, 2.05) is 43.0 Å². The highest BCUT2D eigenvalue weighted by Gasteiger charge is 2.26. The SMILES string of the molecule is COc1cccc(C(=O)N2CCC[C@H](Oc3cc(C)nc(C)n3)C2)c1. The summed E-state index contributed by atoms with van der Waals surface area (Å²) in [6, 6.07) is 9.07. The van der Waals surface area contributed by atoms with Crippen molar-refractivity contribution in [1.82, 2.24) is 14.9 Å². The third-order valence-electron chi connectivity index (χ3n) is 4.21. The lowest BCUT2D eigenvalue weighted by Crippen LogP contribution is -2.44. The number of amides is 1. The van der Waals surface area contributed by atoms with Crippen LogP contribution in [0.15, 0.2) is 30.3 Å². The van der Waals surface area contributed by atoms with Gasteiger partial charge >= 0.3 is 0 Å². The molecule has 1 saturated heterocycles. The van der Waals surface area contributed by atoms with Crippen LogP contribution in [0, 0.1) is 13.8 Å². The van der Waals surface area contributed by atoms with E-state index in [0.717, 1.165) is 25.1 Å². The molecule has 0 saturated carbocycles. The molecule has 0 bridgehead atoms. The summed E-state index contributed by atoms with van der Waals surface area (Å²) >= 11 is 0. The quantitative estimate of drug-likeness (QED) is 0.855. The third-order valence-corrected chi connectivity index (χ3v) is 4.21. The lowest BCUT2D eigenvalue weighted by molar-refractivity contribution is 0.0526. The van der Waals surface area contributed by atoms with E-state index in [0.29, 0.717) is 29.6 Å². The minimum atomic E-state index is -0.0583. The van der Waals surface area contributed by atoms with Crippen molar-refractivity contribution in [2.75, 3.05) is 20.2 Å². The summed E-state index contributed by atoms with van der Waals surface area (Å²) in [4.78, 5) is 23.2. The molecule has 25 heavy (non-hydrogen) atoms. The van der Waals surface area contributed by atoms with Gasteiger partial charge in [0.15, 0.2) is 0 Å². The number of aryl methyl sites for hydroxylation is 2. The van der Waals surface area contributed by atoms with Gasteiger partial charge in [-0.25, -0.2) is 4.98 Å². The molecule has 1 aromatic carbocycles. The highest BCUT2D eigenvalue weighted by atomic mass is 16.5. The zero-order chi connectivity index (χ0) is 17.8. The summed E-state index contributed by atoms with van der Waals surface area (Å²) in [5.41, 5.74) is 1.51. The number of benzene rings is 1. The Labute approximate surface area is 147 Å². The van der Waals surface area contributed by atoms with Crippen LogP contribution in [0.1, 0.15) is 34.7 Å². The zero-order valence-corrected chi connectivity index (χ0v) is 14.9. The van der Waals surface area contributed by atoms with Crippen molar-refractivity contribution < 1.29 is 14.3 Å². The van der Waals surface area contributed by atoms with Crippen molar-refractivity contribution in [1.29, 1.82) is 0 Å². The second-order valence-corrected chi connectivity index (χ2v) is 6.26. The van der Waals surface area contributed by atoms with Gasteiger partial charge < -0.3 is 14.4 Å². The van der Waals surface area contributed by atoms with Crippen molar-refractivity contribution in [3.63, 3.8) is 0 Å². The van der Waals surface area contributed by atoms with Gasteiger partial charge in [-0.1, -0.05) is 6.07 Å². The fourth-order valence-electron chi connectivity index (χ4n) is 3.07. The number of piperidine rings is 1. The standard InChI is InChI=1S/C19H23N3O3/c1-13-10-18(21-14(2)20-13)25-17-8-5-9-22(12-17)19(23)15-6-4-7-16(11-15)24-3/h4,6-7,10-11,17H,5,8-9,12H2,1-3H3/t17-/m0/s1. The van der Waals surface area contributed by atoms with Gasteiger partial charge in [-0.15, -0.1) is 0 Å². The molecule has 1 aliphatic rings. The fraction of sp³-hybridized carbons (Fsp3) is 0.421. The molecule has 6 nitrogen and oxygen atoms in total. The number of aromatic nitrogens is 2. The van der Waals surface area contributed by atoms with Gasteiger partial charge in [0, 0.05) is 23.9 Å². The molecule has 0 spiro atoms. The first-order chi connectivity index (χ1) is 12.0. The Morgan fingerprint density at radius 2 is 2.08 bits per heavy atom. The van der Waals surface area contributed by atoms with Crippen molar-refractivity contribution in [3.05, 3.63) is 47.4 Å². The average molecular weight is 341 g/mol. The summed E-state index contributed by atoms with van der Waals surface area (Å²) in [6.07, 6.45) is 1.75. The van der Waals surface area contributed by atoms with Crippen LogP contribution in [0.25, 0.3) is 0 Å². The molecule has 132 valence electrons. The van der Waals surface area contributed by atoms with Gasteiger partial charge in [-0.05, 0) is 44.9 Å². The minimum absolute atomic E-state index is 0.00208. The second kappa shape index (κ2) is 7.51. The summed E-state index contributed by atoms with van der Waals surface area (Å²) in [5, 5.41) is 0. The lowest BCUT2D eigenvalue weighted by Gasteiger charge is -2.32. The van der Waals surface area contributed by atoms with Crippen molar-refractivity contribution >= 4 is 5.91 Å². The van der Waals surface area contributed by atoms with Gasteiger partial charge in [0.1, 0.15) is 17.7 Å². The Hall–Kier alpha value is -2.63. The molecule has 0 N–H and O–H groups in total. The molecule has 1 amide bonds. The normalized spacial score (nSPS) is 17.2. The maximum atomic E-state index is 12.8. The topological polar surface area (TPSA) is 64.5 Å². The van der Waals surface area contributed by atoms with Crippen LogP contribution in [-0.4, -0.2) is 47.1 Å². The molecular weight excluding hydrogens is 318 g/mol. The van der Waals surface area contributed by atoms with E-state index in [1.165, 1.54) is 0 Å². The number of rotatable bonds is 4. The molecule has 3 rings (SSSR count). The number of methoxy groups -OCH3 is 1. The van der Waals surface area contributed by atoms with Crippen LogP contribution < -0.4 is 9.47 Å². The maximum Gasteiger partial charge on any atom is 0.254 e. The van der Waals surface area contributed by atoms with E-state index in [4.69, 9.17) is 9.47 Å². The predicted molar refractivity (Wildman–Crippen MR) is 94.1 cm³/mol. The number of hydrogen-bond donors (Lipinski definition) is 0. The number of nitrogens with zero attached hydrogens (tertiary/aromatic N) is 3. The molecule has 1 aromatic heterocycles. The van der Waals surface area contributed by atoms with E-state index in [2.05, 4.69) is 9.97 Å². The molecule has 1 fully saturated rings. The molecule has 0 radical (unpaired) electrons. The summed E-state index contributed by atoms with van der Waals surface area (Å²) in [7, 11) is 1.60. The maximum absolute atomic E-state index is 12.8. The lowest BCUT2D eigenvalue weighted by atomic mass is 10.1. The first-order valence-corrected chi connectivity index (χ1v) is 8.47. The first-order valence-electron chi connectivity index (χ1n) is 8.47. The molecule has 2 heterocycles. The third kappa shape index (κ3) is 4.26. The van der Waals surface area contributed by atoms with Gasteiger partial charge in [-0.3, -0.25) is 4.79 Å². The second-order valence-electron chi connectivity index (χ2n) is 6.26. The zero-order valence-electron chi connectivity index (χ0n) is 14.9. The van der Waals surface area contributed by atoms with Crippen LogP contribution >= 0.6 is 0 Å². The van der Waals surface area contributed by atoms with Crippen LogP contribution in [0.4, 0.5) is 0 Å². The number of carbonyl (C=O) groups is 1. The van der Waals surface area contributed by atoms with E-state index in [-0.39, 0.29) is 12.0 Å². The summed E-state index contributed by atoms with van der Waals surface area (Å²) in [6.45, 7) is 5.05. The van der Waals surface area contributed by atoms with E-state index in [9.17, 15) is 4.79 Å². The predicted octanol–water partition coefficient (Wildman–Crippen LogP) is 2.79. The smallest absolute Gasteiger partial charge is 0.254 e. The van der Waals surface area contributed by atoms with Crippen molar-refractivity contribution in [2.45, 2.75) is 32.8 Å². The van der Waals surface area contributed by atoms with Gasteiger partial charge in [0.25, 0.3) is 5.91 Å². The Balaban J connectivity index is 1.68. The van der Waals surface area contributed by atoms with E-state index < -0.39 is 0 Å². The fourth-order valence-corrected chi connectivity index (χ4v) is 3.07. The van der Waals surface area contributed by atoms with Crippen LogP contribution in [0.5, 0.6) is 11.6 Å². The van der Waals surface area contributed by atoms with Crippen molar-refractivity contribution in [3.8, 4) is 11.6 Å². The molecule has 6 heteroatoms. The monoisotopic (exact) mass is 341 g/mol. The Bertz CT molecular complexity index is 743. The van der Waals surface area contributed by atoms with Crippen LogP contribution in [0.3, 0.4) is 0 Å². The van der Waals surface area contributed by atoms with Crippen LogP contribution in [-0.2, 0) is 0 Å². The van der Waals surface area contributed by atoms with Gasteiger partial charge in [0.2, 0.25) is 5.88 Å². The van der Waals surface area contributed by atoms with Crippen LogP contribution in [0.2, 0.25) is 0 Å². The molecule has 0 aliphatic carbocycles. The largest absolute Gasteiger partial charge is 0.497 e. The van der Waals surface area contributed by atoms with E-state index in [1.54, 1.807) is 13.2 Å². The highest BCUT2D eigenvalue weighted by molar-refractivity contribution is 5.94. The Morgan fingerprint density at radius 3 is 2.84 bits per heavy atom. The molecule has 2 aromatic rings. The number of hydrogen-bond acceptors (Lipinski definition) is 5. The molecule has 1 atom stereocenters. The Morgan fingerprint density at radius 1 is 1.24 bits per heavy atom. The Kier molecular flexibility index (Phi) is 5.16. The average Bonchev–Trinajstić information content (AvgIpc) is 2.60. The minimum Gasteiger partial charge on any atom is -0.497 e. The number of likely N-dealkylation sites (tertiary alicyclic amines) is 1. The molecule has 1 aliphatic heterocycles. The number of ether oxygens (including phenoxy) is 2. The summed E-state index contributed by atoms with van der Waals surface area (Å²) < 4.78 is 11.2. The first kappa shape index (κ1) is 17.2. The van der Waals surface area contributed by atoms with Gasteiger partial charge in [0.05, 0.1) is 13.7 Å². The highest BCUT2D eigenvalue weighted by Crippen LogP contribution is 2.20. The molecule has 0 unspecified atom stereocenters. The van der Waals surface area contributed by atoms with E-state index >= 15 is 0 Å². The van der Waals surface area contributed by atoms with Crippen molar-refractivity contribution in [2.24, 2.45) is 0 Å². The van der Waals surface area contributed by atoms with Gasteiger partial charge in [-0.2, -0.15) is 4.98 Å².